The molecule has 0 amide bonds. The van der Waals surface area contributed by atoms with Crippen molar-refractivity contribution in [3.8, 4) is 0 Å². The zero-order chi connectivity index (χ0) is 12.8. The summed E-state index contributed by atoms with van der Waals surface area (Å²) in [5.74, 6) is 0.878. The molecule has 0 saturated heterocycles. The van der Waals surface area contributed by atoms with Crippen LogP contribution in [0.2, 0.25) is 0 Å². The molecule has 0 bridgehead atoms. The van der Waals surface area contributed by atoms with Gasteiger partial charge in [-0.15, -0.1) is 34.8 Å². The molecule has 1 aromatic rings. The van der Waals surface area contributed by atoms with Crippen molar-refractivity contribution in [2.24, 2.45) is 11.8 Å². The Morgan fingerprint density at radius 3 is 2.56 bits per heavy atom. The van der Waals surface area contributed by atoms with Crippen LogP contribution in [-0.4, -0.2) is 24.0 Å². The van der Waals surface area contributed by atoms with Gasteiger partial charge in [-0.05, 0) is 43.9 Å². The zero-order valence-electron chi connectivity index (χ0n) is 10.0. The highest BCUT2D eigenvalue weighted by molar-refractivity contribution is 6.50. The summed E-state index contributed by atoms with van der Waals surface area (Å²) < 4.78 is 1.40. The number of nitrogens with zero attached hydrogens (tertiary/aromatic N) is 3. The zero-order valence-corrected chi connectivity index (χ0v) is 12.3. The Hall–Kier alpha value is 0.01000. The lowest BCUT2D eigenvalue weighted by Gasteiger charge is -2.21. The topological polar surface area (TPSA) is 30.7 Å². The minimum absolute atomic E-state index is 0.0257. The van der Waals surface area contributed by atoms with Gasteiger partial charge in [0.15, 0.2) is 0 Å². The molecule has 18 heavy (non-hydrogen) atoms. The van der Waals surface area contributed by atoms with Crippen LogP contribution in [0.25, 0.3) is 0 Å². The minimum atomic E-state index is -0.471. The van der Waals surface area contributed by atoms with Crippen molar-refractivity contribution >= 4 is 34.8 Å². The molecule has 100 valence electrons. The van der Waals surface area contributed by atoms with E-state index in [1.165, 1.54) is 0 Å². The maximum absolute atomic E-state index is 6.57. The quantitative estimate of drug-likeness (QED) is 0.751. The molecular weight excluding hydrogens is 293 g/mol. The van der Waals surface area contributed by atoms with Crippen molar-refractivity contribution in [1.29, 1.82) is 0 Å². The molecule has 2 fully saturated rings. The van der Waals surface area contributed by atoms with E-state index in [9.17, 15) is 0 Å². The lowest BCUT2D eigenvalue weighted by Crippen LogP contribution is -2.23. The summed E-state index contributed by atoms with van der Waals surface area (Å²) in [5, 5.41) is 4.16. The van der Waals surface area contributed by atoms with Gasteiger partial charge in [0.25, 0.3) is 0 Å². The van der Waals surface area contributed by atoms with Crippen LogP contribution in [0.15, 0.2) is 12.7 Å². The number of rotatable bonds is 6. The first-order valence-corrected chi connectivity index (χ1v) is 7.52. The number of hydrogen-bond donors (Lipinski definition) is 0. The molecule has 0 aliphatic heterocycles. The van der Waals surface area contributed by atoms with E-state index in [-0.39, 0.29) is 4.87 Å². The van der Waals surface area contributed by atoms with E-state index in [1.807, 2.05) is 4.68 Å². The minimum Gasteiger partial charge on any atom is -0.253 e. The van der Waals surface area contributed by atoms with Gasteiger partial charge in [0.2, 0.25) is 0 Å². The average Bonchev–Trinajstić information content (AvgIpc) is 3.09. The van der Waals surface area contributed by atoms with E-state index >= 15 is 0 Å². The predicted molar refractivity (Wildman–Crippen MR) is 73.1 cm³/mol. The average molecular weight is 309 g/mol. The van der Waals surface area contributed by atoms with E-state index < -0.39 is 4.33 Å². The van der Waals surface area contributed by atoms with Crippen molar-refractivity contribution in [2.75, 3.05) is 0 Å². The first kappa shape index (κ1) is 13.0. The number of hydrogen-bond acceptors (Lipinski definition) is 2. The van der Waals surface area contributed by atoms with Crippen LogP contribution in [-0.2, 0) is 6.54 Å². The second kappa shape index (κ2) is 4.53. The second-order valence-corrected chi connectivity index (χ2v) is 7.88. The first-order chi connectivity index (χ1) is 8.50. The Morgan fingerprint density at radius 1 is 1.33 bits per heavy atom. The van der Waals surface area contributed by atoms with Crippen LogP contribution >= 0.6 is 34.8 Å². The Labute approximate surface area is 122 Å². The van der Waals surface area contributed by atoms with Crippen molar-refractivity contribution < 1.29 is 0 Å². The van der Waals surface area contributed by atoms with Gasteiger partial charge in [0.05, 0.1) is 0 Å². The van der Waals surface area contributed by atoms with Gasteiger partial charge in [-0.25, -0.2) is 4.98 Å². The molecule has 0 N–H and O–H groups in total. The molecular formula is C12H16Cl3N3. The van der Waals surface area contributed by atoms with Crippen molar-refractivity contribution in [3.05, 3.63) is 12.7 Å². The number of halogens is 3. The summed E-state index contributed by atoms with van der Waals surface area (Å²) in [6, 6.07) is 0. The molecule has 2 aliphatic rings. The summed E-state index contributed by atoms with van der Waals surface area (Å²) in [6.07, 6.45) is 8.56. The van der Waals surface area contributed by atoms with Crippen LogP contribution in [0.4, 0.5) is 0 Å². The van der Waals surface area contributed by atoms with Gasteiger partial charge in [-0.1, -0.05) is 0 Å². The maximum Gasteiger partial charge on any atom is 0.137 e. The van der Waals surface area contributed by atoms with Gasteiger partial charge in [0, 0.05) is 11.4 Å². The summed E-state index contributed by atoms with van der Waals surface area (Å²) >= 11 is 18.7. The lowest BCUT2D eigenvalue weighted by atomic mass is 9.95. The van der Waals surface area contributed by atoms with Crippen molar-refractivity contribution in [1.82, 2.24) is 14.8 Å². The standard InChI is InChI=1S/C12H16Cl3N3/c13-11(3-4-11)10(6-18-8-16-7-17-18)2-1-9-5-12(9,14)15/h7-10H,1-6H2/t9-,10?/m1/s1. The molecule has 1 heterocycles. The van der Waals surface area contributed by atoms with Crippen LogP contribution in [0.1, 0.15) is 32.1 Å². The Balaban J connectivity index is 1.57. The summed E-state index contributed by atoms with van der Waals surface area (Å²) in [4.78, 5) is 3.95. The monoisotopic (exact) mass is 307 g/mol. The Kier molecular flexibility index (Phi) is 3.28. The van der Waals surface area contributed by atoms with Crippen molar-refractivity contribution in [3.63, 3.8) is 0 Å². The maximum atomic E-state index is 6.57. The molecule has 3 nitrogen and oxygen atoms in total. The van der Waals surface area contributed by atoms with Crippen LogP contribution in [0, 0.1) is 11.8 Å². The molecule has 0 spiro atoms. The van der Waals surface area contributed by atoms with Gasteiger partial charge < -0.3 is 0 Å². The fourth-order valence-electron chi connectivity index (χ4n) is 2.58. The summed E-state index contributed by atoms with van der Waals surface area (Å²) in [6.45, 7) is 0.841. The van der Waals surface area contributed by atoms with Crippen LogP contribution < -0.4 is 0 Å². The largest absolute Gasteiger partial charge is 0.253 e. The lowest BCUT2D eigenvalue weighted by molar-refractivity contribution is 0.351. The molecule has 6 heteroatoms. The van der Waals surface area contributed by atoms with Crippen molar-refractivity contribution in [2.45, 2.75) is 47.9 Å². The third-order valence-electron chi connectivity index (χ3n) is 4.15. The van der Waals surface area contributed by atoms with Gasteiger partial charge in [0.1, 0.15) is 17.0 Å². The first-order valence-electron chi connectivity index (χ1n) is 6.39. The van der Waals surface area contributed by atoms with Crippen LogP contribution in [0.5, 0.6) is 0 Å². The number of aromatic nitrogens is 3. The summed E-state index contributed by atoms with van der Waals surface area (Å²) in [5.41, 5.74) is 0. The van der Waals surface area contributed by atoms with Gasteiger partial charge in [-0.2, -0.15) is 5.10 Å². The third-order valence-corrected chi connectivity index (χ3v) is 5.77. The molecule has 3 rings (SSSR count). The second-order valence-electron chi connectivity index (χ2n) is 5.59. The normalized spacial score (nSPS) is 28.9. The molecule has 1 unspecified atom stereocenters. The Morgan fingerprint density at radius 2 is 2.06 bits per heavy atom. The molecule has 2 saturated carbocycles. The molecule has 2 aliphatic carbocycles. The SMILES string of the molecule is ClC1(C(CC[C@@H]2CC2(Cl)Cl)Cn2cncn2)CC1. The van der Waals surface area contributed by atoms with E-state index in [1.54, 1.807) is 12.7 Å². The predicted octanol–water partition coefficient (Wildman–Crippen LogP) is 3.64. The molecule has 2 atom stereocenters. The van der Waals surface area contributed by atoms with E-state index in [0.717, 1.165) is 38.6 Å². The molecule has 1 aromatic heterocycles. The highest BCUT2D eigenvalue weighted by Crippen LogP contribution is 2.57. The smallest absolute Gasteiger partial charge is 0.137 e. The fraction of sp³-hybridized carbons (Fsp3) is 0.833. The van der Waals surface area contributed by atoms with E-state index in [4.69, 9.17) is 34.8 Å². The molecule has 0 aromatic carbocycles. The van der Waals surface area contributed by atoms with Crippen LogP contribution in [0.3, 0.4) is 0 Å². The van der Waals surface area contributed by atoms with Gasteiger partial charge >= 0.3 is 0 Å². The molecule has 0 radical (unpaired) electrons. The summed E-state index contributed by atoms with van der Waals surface area (Å²) in [7, 11) is 0. The highest BCUT2D eigenvalue weighted by Gasteiger charge is 2.53. The van der Waals surface area contributed by atoms with Gasteiger partial charge in [-0.3, -0.25) is 4.68 Å². The fourth-order valence-corrected chi connectivity index (χ4v) is 3.44. The third kappa shape index (κ3) is 2.78. The van der Waals surface area contributed by atoms with E-state index in [0.29, 0.717) is 11.8 Å². The Bertz CT molecular complexity index is 414. The van der Waals surface area contributed by atoms with E-state index in [2.05, 4.69) is 10.1 Å². The highest BCUT2D eigenvalue weighted by atomic mass is 35.5. The number of alkyl halides is 3.